The van der Waals surface area contributed by atoms with Crippen molar-refractivity contribution in [3.05, 3.63) is 107 Å². The minimum absolute atomic E-state index is 0.0100. The van der Waals surface area contributed by atoms with Crippen molar-refractivity contribution in [2.75, 3.05) is 6.61 Å². The van der Waals surface area contributed by atoms with E-state index < -0.39 is 18.1 Å². The van der Waals surface area contributed by atoms with Gasteiger partial charge in [-0.2, -0.15) is 0 Å². The molecule has 0 fully saturated rings. The maximum atomic E-state index is 13.7. The van der Waals surface area contributed by atoms with Gasteiger partial charge in [0.1, 0.15) is 18.5 Å². The number of ether oxygens (including phenoxy) is 2. The molecule has 0 aromatic heterocycles. The fraction of sp³-hybridized carbons (Fsp3) is 0.200. The van der Waals surface area contributed by atoms with E-state index in [4.69, 9.17) is 9.47 Å². The van der Waals surface area contributed by atoms with E-state index in [1.54, 1.807) is 18.2 Å². The first-order valence-electron chi connectivity index (χ1n) is 10.0. The monoisotopic (exact) mass is 421 g/mol. The van der Waals surface area contributed by atoms with Crippen molar-refractivity contribution < 1.29 is 23.5 Å². The number of rotatable bonds is 9. The minimum Gasteiger partial charge on any atom is -0.459 e. The summed E-state index contributed by atoms with van der Waals surface area (Å²) < 4.78 is 24.2. The number of halogens is 1. The smallest absolute Gasteiger partial charge is 0.407 e. The SMILES string of the molecule is O=C(NC(Cc1ccccc1)C(=O)OCc1ccccc1)OCCc1ccccc1F. The standard InChI is InChI=1S/C25H24FNO4/c26-22-14-8-7-13-21(22)15-16-30-25(29)27-23(17-19-9-3-1-4-10-19)24(28)31-18-20-11-5-2-6-12-20/h1-14,23H,15-18H2,(H,27,29). The summed E-state index contributed by atoms with van der Waals surface area (Å²) in [6.07, 6.45) is -0.257. The van der Waals surface area contributed by atoms with Crippen molar-refractivity contribution in [1.82, 2.24) is 5.32 Å². The Morgan fingerprint density at radius 1 is 0.806 bits per heavy atom. The largest absolute Gasteiger partial charge is 0.459 e. The molecule has 0 radical (unpaired) electrons. The van der Waals surface area contributed by atoms with Crippen LogP contribution in [0.1, 0.15) is 16.7 Å². The molecule has 6 heteroatoms. The first-order valence-corrected chi connectivity index (χ1v) is 10.0. The number of alkyl carbamates (subject to hydrolysis) is 1. The molecule has 1 unspecified atom stereocenters. The predicted octanol–water partition coefficient (Wildman–Crippen LogP) is 4.45. The molecule has 0 saturated carbocycles. The van der Waals surface area contributed by atoms with E-state index in [0.29, 0.717) is 5.56 Å². The van der Waals surface area contributed by atoms with Crippen molar-refractivity contribution in [2.45, 2.75) is 25.5 Å². The van der Waals surface area contributed by atoms with Gasteiger partial charge in [0.05, 0.1) is 6.61 Å². The molecule has 0 bridgehead atoms. The van der Waals surface area contributed by atoms with Gasteiger partial charge >= 0.3 is 12.1 Å². The fourth-order valence-electron chi connectivity index (χ4n) is 3.01. The number of nitrogens with one attached hydrogen (secondary N) is 1. The van der Waals surface area contributed by atoms with Gasteiger partial charge in [-0.25, -0.2) is 14.0 Å². The average Bonchev–Trinajstić information content (AvgIpc) is 2.80. The minimum atomic E-state index is -0.910. The van der Waals surface area contributed by atoms with Crippen molar-refractivity contribution in [3.8, 4) is 0 Å². The molecule has 160 valence electrons. The van der Waals surface area contributed by atoms with E-state index in [1.807, 2.05) is 60.7 Å². The zero-order chi connectivity index (χ0) is 21.9. The first kappa shape index (κ1) is 22.0. The number of esters is 1. The zero-order valence-electron chi connectivity index (χ0n) is 17.0. The molecule has 1 atom stereocenters. The molecular formula is C25H24FNO4. The van der Waals surface area contributed by atoms with E-state index in [0.717, 1.165) is 11.1 Å². The molecule has 3 aromatic rings. The van der Waals surface area contributed by atoms with E-state index in [2.05, 4.69) is 5.32 Å². The highest BCUT2D eigenvalue weighted by Gasteiger charge is 2.23. The molecule has 31 heavy (non-hydrogen) atoms. The second-order valence-electron chi connectivity index (χ2n) is 6.96. The van der Waals surface area contributed by atoms with Crippen LogP contribution in [0, 0.1) is 5.82 Å². The Balaban J connectivity index is 1.56. The van der Waals surface area contributed by atoms with Crippen LogP contribution in [0.3, 0.4) is 0 Å². The summed E-state index contributed by atoms with van der Waals surface area (Å²) in [5.74, 6) is -0.906. The molecular weight excluding hydrogens is 397 g/mol. The maximum absolute atomic E-state index is 13.7. The Labute approximate surface area is 180 Å². The summed E-state index contributed by atoms with van der Waals surface area (Å²) in [6.45, 7) is 0.0961. The summed E-state index contributed by atoms with van der Waals surface area (Å²) in [6, 6.07) is 24.0. The van der Waals surface area contributed by atoms with E-state index in [9.17, 15) is 14.0 Å². The van der Waals surface area contributed by atoms with Crippen LogP contribution in [0.25, 0.3) is 0 Å². The summed E-state index contributed by atoms with van der Waals surface area (Å²) in [4.78, 5) is 24.9. The number of carbonyl (C=O) groups is 2. The predicted molar refractivity (Wildman–Crippen MR) is 115 cm³/mol. The molecule has 0 heterocycles. The molecule has 5 nitrogen and oxygen atoms in total. The van der Waals surface area contributed by atoms with Gasteiger partial charge in [0, 0.05) is 12.8 Å². The number of amides is 1. The summed E-state index contributed by atoms with van der Waals surface area (Å²) >= 11 is 0. The van der Waals surface area contributed by atoms with Gasteiger partial charge in [-0.3, -0.25) is 0 Å². The summed E-state index contributed by atoms with van der Waals surface area (Å²) in [5, 5.41) is 2.57. The Kier molecular flexibility index (Phi) is 8.17. The lowest BCUT2D eigenvalue weighted by Gasteiger charge is -2.18. The number of hydrogen-bond donors (Lipinski definition) is 1. The van der Waals surface area contributed by atoms with Gasteiger partial charge < -0.3 is 14.8 Å². The van der Waals surface area contributed by atoms with E-state index in [-0.39, 0.29) is 31.9 Å². The third kappa shape index (κ3) is 7.26. The zero-order valence-corrected chi connectivity index (χ0v) is 17.0. The van der Waals surface area contributed by atoms with Gasteiger partial charge in [0.25, 0.3) is 0 Å². The maximum Gasteiger partial charge on any atom is 0.407 e. The van der Waals surface area contributed by atoms with Crippen LogP contribution >= 0.6 is 0 Å². The van der Waals surface area contributed by atoms with Gasteiger partial charge in [-0.15, -0.1) is 0 Å². The highest BCUT2D eigenvalue weighted by Crippen LogP contribution is 2.09. The molecule has 0 aliphatic heterocycles. The van der Waals surface area contributed by atoms with Crippen LogP contribution in [0.2, 0.25) is 0 Å². The van der Waals surface area contributed by atoms with Crippen molar-refractivity contribution in [1.29, 1.82) is 0 Å². The Morgan fingerprint density at radius 2 is 1.42 bits per heavy atom. The van der Waals surface area contributed by atoms with Gasteiger partial charge in [-0.05, 0) is 22.8 Å². The molecule has 3 rings (SSSR count). The first-order chi connectivity index (χ1) is 15.1. The van der Waals surface area contributed by atoms with Crippen LogP contribution in [-0.4, -0.2) is 24.7 Å². The second-order valence-corrected chi connectivity index (χ2v) is 6.96. The van der Waals surface area contributed by atoms with Gasteiger partial charge in [0.15, 0.2) is 0 Å². The quantitative estimate of drug-likeness (QED) is 0.519. The average molecular weight is 421 g/mol. The highest BCUT2D eigenvalue weighted by atomic mass is 19.1. The molecule has 1 N–H and O–H groups in total. The lowest BCUT2D eigenvalue weighted by Crippen LogP contribution is -2.43. The van der Waals surface area contributed by atoms with Crippen molar-refractivity contribution >= 4 is 12.1 Å². The molecule has 3 aromatic carbocycles. The van der Waals surface area contributed by atoms with Crippen LogP contribution in [0.5, 0.6) is 0 Å². The van der Waals surface area contributed by atoms with Crippen LogP contribution in [-0.2, 0) is 33.7 Å². The van der Waals surface area contributed by atoms with E-state index >= 15 is 0 Å². The fourth-order valence-corrected chi connectivity index (χ4v) is 3.01. The number of hydrogen-bond acceptors (Lipinski definition) is 4. The molecule has 0 saturated heterocycles. The summed E-state index contributed by atoms with van der Waals surface area (Å²) in [7, 11) is 0. The molecule has 0 aliphatic rings. The Hall–Kier alpha value is -3.67. The van der Waals surface area contributed by atoms with Crippen LogP contribution in [0.4, 0.5) is 9.18 Å². The molecule has 0 aliphatic carbocycles. The third-order valence-corrected chi connectivity index (χ3v) is 4.65. The lowest BCUT2D eigenvalue weighted by molar-refractivity contribution is -0.147. The Morgan fingerprint density at radius 3 is 2.10 bits per heavy atom. The van der Waals surface area contributed by atoms with Crippen LogP contribution in [0.15, 0.2) is 84.9 Å². The normalized spacial score (nSPS) is 11.4. The van der Waals surface area contributed by atoms with Gasteiger partial charge in [0.2, 0.25) is 0 Å². The second kappa shape index (κ2) is 11.5. The lowest BCUT2D eigenvalue weighted by atomic mass is 10.1. The molecule has 1 amide bonds. The molecule has 0 spiro atoms. The highest BCUT2D eigenvalue weighted by molar-refractivity contribution is 5.81. The van der Waals surface area contributed by atoms with Crippen molar-refractivity contribution in [3.63, 3.8) is 0 Å². The Bertz CT molecular complexity index is 979. The van der Waals surface area contributed by atoms with E-state index in [1.165, 1.54) is 6.07 Å². The van der Waals surface area contributed by atoms with Crippen LogP contribution < -0.4 is 5.32 Å². The topological polar surface area (TPSA) is 64.6 Å². The number of carbonyl (C=O) groups excluding carboxylic acids is 2. The summed E-state index contributed by atoms with van der Waals surface area (Å²) in [5.41, 5.74) is 2.18. The third-order valence-electron chi connectivity index (χ3n) is 4.65. The van der Waals surface area contributed by atoms with Gasteiger partial charge in [-0.1, -0.05) is 78.9 Å². The number of benzene rings is 3. The van der Waals surface area contributed by atoms with Crippen molar-refractivity contribution in [2.24, 2.45) is 0 Å².